The molecule has 0 spiro atoms. The van der Waals surface area contributed by atoms with Crippen molar-refractivity contribution in [2.24, 2.45) is 0 Å². The zero-order chi connectivity index (χ0) is 23.6. The van der Waals surface area contributed by atoms with Gasteiger partial charge in [0.2, 0.25) is 10.0 Å². The molecule has 0 saturated heterocycles. The average molecular weight is 469 g/mol. The van der Waals surface area contributed by atoms with Gasteiger partial charge in [0.1, 0.15) is 5.75 Å². The monoisotopic (exact) mass is 468 g/mol. The lowest BCUT2D eigenvalue weighted by Gasteiger charge is -2.29. The third-order valence-electron chi connectivity index (χ3n) is 5.90. The van der Waals surface area contributed by atoms with Crippen LogP contribution in [-0.2, 0) is 16.4 Å². The first-order chi connectivity index (χ1) is 15.9. The number of carbonyl (C=O) groups is 1. The maximum atomic E-state index is 13.3. The molecule has 174 valence electrons. The first-order valence-electron chi connectivity index (χ1n) is 11.0. The molecule has 8 nitrogen and oxygen atoms in total. The molecule has 0 radical (unpaired) electrons. The Hall–Kier alpha value is -3.17. The maximum Gasteiger partial charge on any atom is 0.278 e. The third kappa shape index (κ3) is 4.38. The molecule has 9 heteroatoms. The van der Waals surface area contributed by atoms with Crippen molar-refractivity contribution in [3.05, 3.63) is 66.0 Å². The number of nitrogens with zero attached hydrogens (tertiary/aromatic N) is 4. The zero-order valence-electron chi connectivity index (χ0n) is 19.1. The highest BCUT2D eigenvalue weighted by Crippen LogP contribution is 2.31. The number of sulfonamides is 1. The van der Waals surface area contributed by atoms with Gasteiger partial charge in [-0.3, -0.25) is 4.79 Å². The van der Waals surface area contributed by atoms with Crippen molar-refractivity contribution in [2.75, 3.05) is 31.6 Å². The van der Waals surface area contributed by atoms with Gasteiger partial charge in [-0.25, -0.2) is 13.1 Å². The summed E-state index contributed by atoms with van der Waals surface area (Å²) in [5.41, 5.74) is 2.75. The number of benzene rings is 2. The molecule has 4 rings (SSSR count). The van der Waals surface area contributed by atoms with Crippen LogP contribution in [0.1, 0.15) is 36.3 Å². The number of carbonyl (C=O) groups excluding carboxylic acids is 1. The summed E-state index contributed by atoms with van der Waals surface area (Å²) in [6.07, 6.45) is 3.23. The highest BCUT2D eigenvalue weighted by atomic mass is 32.2. The minimum absolute atomic E-state index is 0.206. The molecular weight excluding hydrogens is 440 g/mol. The van der Waals surface area contributed by atoms with Gasteiger partial charge in [0.05, 0.1) is 17.7 Å². The summed E-state index contributed by atoms with van der Waals surface area (Å²) in [6, 6.07) is 14.1. The third-order valence-corrected chi connectivity index (χ3v) is 7.95. The van der Waals surface area contributed by atoms with E-state index in [1.54, 1.807) is 47.2 Å². The minimum Gasteiger partial charge on any atom is -0.497 e. The molecule has 1 aliphatic heterocycles. The fourth-order valence-corrected chi connectivity index (χ4v) is 5.62. The van der Waals surface area contributed by atoms with E-state index >= 15 is 0 Å². The summed E-state index contributed by atoms with van der Waals surface area (Å²) >= 11 is 0. The Kier molecular flexibility index (Phi) is 6.53. The summed E-state index contributed by atoms with van der Waals surface area (Å²) in [5.74, 6) is 0.539. The number of ether oxygens (including phenoxy) is 1. The Balaban J connectivity index is 1.60. The molecule has 0 N–H and O–H groups in total. The fraction of sp³-hybridized carbons (Fsp3) is 0.333. The van der Waals surface area contributed by atoms with Crippen LogP contribution in [0.3, 0.4) is 0 Å². The van der Waals surface area contributed by atoms with Gasteiger partial charge in [-0.1, -0.05) is 13.8 Å². The Labute approximate surface area is 194 Å². The molecular formula is C24H28N4O4S. The average Bonchev–Trinajstić information content (AvgIpc) is 3.34. The molecule has 1 aromatic heterocycles. The highest BCUT2D eigenvalue weighted by molar-refractivity contribution is 7.89. The normalized spacial score (nSPS) is 13.8. The predicted octanol–water partition coefficient (Wildman–Crippen LogP) is 3.50. The molecule has 0 bridgehead atoms. The molecule has 0 fully saturated rings. The van der Waals surface area contributed by atoms with Gasteiger partial charge in [-0.05, 0) is 66.9 Å². The summed E-state index contributed by atoms with van der Waals surface area (Å²) in [6.45, 7) is 5.04. The second-order valence-electron chi connectivity index (χ2n) is 7.78. The summed E-state index contributed by atoms with van der Waals surface area (Å²) in [4.78, 5) is 15.2. The van der Waals surface area contributed by atoms with E-state index in [-0.39, 0.29) is 10.8 Å². The van der Waals surface area contributed by atoms with Crippen molar-refractivity contribution < 1.29 is 17.9 Å². The Morgan fingerprint density at radius 2 is 1.82 bits per heavy atom. The molecule has 1 aliphatic rings. The van der Waals surface area contributed by atoms with E-state index in [9.17, 15) is 13.2 Å². The fourth-order valence-electron chi connectivity index (χ4n) is 4.11. The predicted molar refractivity (Wildman–Crippen MR) is 127 cm³/mol. The quantitative estimate of drug-likeness (QED) is 0.530. The Bertz CT molecular complexity index is 1250. The van der Waals surface area contributed by atoms with E-state index in [1.165, 1.54) is 4.31 Å². The summed E-state index contributed by atoms with van der Waals surface area (Å²) < 4.78 is 34.1. The van der Waals surface area contributed by atoms with Crippen LogP contribution in [0.5, 0.6) is 5.75 Å². The van der Waals surface area contributed by atoms with Gasteiger partial charge in [-0.15, -0.1) is 0 Å². The number of hydrogen-bond acceptors (Lipinski definition) is 5. The zero-order valence-corrected chi connectivity index (χ0v) is 19.9. The van der Waals surface area contributed by atoms with Crippen LogP contribution in [0.25, 0.3) is 5.69 Å². The minimum atomic E-state index is -3.55. The SMILES string of the molecule is CCN(CC)S(=O)(=O)c1ccc2c(c1)CCCN2C(=O)c1ccn(-c2ccc(OC)cc2)n1. The topological polar surface area (TPSA) is 84.7 Å². The van der Waals surface area contributed by atoms with Crippen LogP contribution in [0.2, 0.25) is 0 Å². The van der Waals surface area contributed by atoms with E-state index in [2.05, 4.69) is 5.10 Å². The van der Waals surface area contributed by atoms with Crippen LogP contribution >= 0.6 is 0 Å². The van der Waals surface area contributed by atoms with Crippen molar-refractivity contribution in [1.29, 1.82) is 0 Å². The molecule has 0 unspecified atom stereocenters. The van der Waals surface area contributed by atoms with Crippen molar-refractivity contribution in [3.8, 4) is 11.4 Å². The molecule has 33 heavy (non-hydrogen) atoms. The van der Waals surface area contributed by atoms with Gasteiger partial charge in [0.25, 0.3) is 5.91 Å². The van der Waals surface area contributed by atoms with E-state index < -0.39 is 10.0 Å². The lowest BCUT2D eigenvalue weighted by Crippen LogP contribution is -2.36. The van der Waals surface area contributed by atoms with Gasteiger partial charge >= 0.3 is 0 Å². The molecule has 0 saturated carbocycles. The highest BCUT2D eigenvalue weighted by Gasteiger charge is 2.28. The van der Waals surface area contributed by atoms with E-state index in [1.807, 2.05) is 38.1 Å². The van der Waals surface area contributed by atoms with Crippen molar-refractivity contribution >= 4 is 21.6 Å². The number of anilines is 1. The van der Waals surface area contributed by atoms with Crippen LogP contribution in [0.15, 0.2) is 59.6 Å². The van der Waals surface area contributed by atoms with Crippen molar-refractivity contribution in [1.82, 2.24) is 14.1 Å². The van der Waals surface area contributed by atoms with Crippen molar-refractivity contribution in [3.63, 3.8) is 0 Å². The largest absolute Gasteiger partial charge is 0.497 e. The number of methoxy groups -OCH3 is 1. The van der Waals surface area contributed by atoms with Crippen LogP contribution in [0.4, 0.5) is 5.69 Å². The van der Waals surface area contributed by atoms with Crippen LogP contribution < -0.4 is 9.64 Å². The number of amides is 1. The first kappa shape index (κ1) is 23.0. The van der Waals surface area contributed by atoms with Crippen molar-refractivity contribution in [2.45, 2.75) is 31.6 Å². The number of fused-ring (bicyclic) bond motifs is 1. The molecule has 2 heterocycles. The van der Waals surface area contributed by atoms with Gasteiger partial charge in [0, 0.05) is 31.5 Å². The van der Waals surface area contributed by atoms with E-state index in [4.69, 9.17) is 4.74 Å². The standard InChI is InChI=1S/C24H28N4O4S/c1-4-26(5-2)33(30,31)21-12-13-23-18(17-21)7-6-15-27(23)24(29)22-14-16-28(25-22)19-8-10-20(32-3)11-9-19/h8-14,16-17H,4-7,15H2,1-3H3. The summed E-state index contributed by atoms with van der Waals surface area (Å²) in [5, 5.41) is 4.47. The second kappa shape index (κ2) is 9.36. The molecule has 0 aliphatic carbocycles. The smallest absolute Gasteiger partial charge is 0.278 e. The van der Waals surface area contributed by atoms with E-state index in [0.29, 0.717) is 25.3 Å². The molecule has 1 amide bonds. The Morgan fingerprint density at radius 3 is 2.48 bits per heavy atom. The number of aryl methyl sites for hydroxylation is 1. The molecule has 2 aromatic carbocycles. The maximum absolute atomic E-state index is 13.3. The lowest BCUT2D eigenvalue weighted by molar-refractivity contribution is 0.0980. The first-order valence-corrected chi connectivity index (χ1v) is 12.5. The Morgan fingerprint density at radius 1 is 1.09 bits per heavy atom. The molecule has 0 atom stereocenters. The summed E-state index contributed by atoms with van der Waals surface area (Å²) in [7, 11) is -1.94. The van der Waals surface area contributed by atoms with Crippen LogP contribution in [0, 0.1) is 0 Å². The number of aromatic nitrogens is 2. The second-order valence-corrected chi connectivity index (χ2v) is 9.72. The number of rotatable bonds is 7. The number of hydrogen-bond donors (Lipinski definition) is 0. The van der Waals surface area contributed by atoms with Gasteiger partial charge in [-0.2, -0.15) is 9.40 Å². The molecule has 3 aromatic rings. The van der Waals surface area contributed by atoms with Gasteiger partial charge in [0.15, 0.2) is 5.69 Å². The van der Waals surface area contributed by atoms with Gasteiger partial charge < -0.3 is 9.64 Å². The van der Waals surface area contributed by atoms with E-state index in [0.717, 1.165) is 35.5 Å². The van der Waals surface area contributed by atoms with Crippen LogP contribution in [-0.4, -0.2) is 55.2 Å². The lowest BCUT2D eigenvalue weighted by atomic mass is 10.0.